The Hall–Kier alpha value is -1.04. The third-order valence-electron chi connectivity index (χ3n) is 3.18. The maximum Gasteiger partial charge on any atom is 0.143 e. The number of rotatable bonds is 5. The number of halogens is 2. The molecule has 0 amide bonds. The third kappa shape index (κ3) is 3.78. The van der Waals surface area contributed by atoms with Gasteiger partial charge in [-0.1, -0.05) is 25.1 Å². The summed E-state index contributed by atoms with van der Waals surface area (Å²) >= 11 is 6.97. The van der Waals surface area contributed by atoms with Crippen LogP contribution in [0.2, 0.25) is 0 Å². The Morgan fingerprint density at radius 2 is 1.67 bits per heavy atom. The Bertz CT molecular complexity index is 632. The number of nitrogens with two attached hydrogens (primary N) is 1. The zero-order valence-corrected chi connectivity index (χ0v) is 15.1. The lowest BCUT2D eigenvalue weighted by atomic mass is 10.0. The number of hydrogen-bond donors (Lipinski definition) is 1. The molecule has 0 saturated carbocycles. The van der Waals surface area contributed by atoms with Crippen LogP contribution >= 0.6 is 31.9 Å². The molecule has 5 heteroatoms. The lowest BCUT2D eigenvalue weighted by Crippen LogP contribution is -2.09. The quantitative estimate of drug-likeness (QED) is 0.709. The van der Waals surface area contributed by atoms with E-state index in [4.69, 9.17) is 15.2 Å². The first-order chi connectivity index (χ1) is 10.1. The summed E-state index contributed by atoms with van der Waals surface area (Å²) in [5, 5.41) is 0. The highest BCUT2D eigenvalue weighted by atomic mass is 79.9. The largest absolute Gasteiger partial charge is 0.496 e. The van der Waals surface area contributed by atoms with E-state index < -0.39 is 0 Å². The second kappa shape index (κ2) is 7.29. The molecule has 1 atom stereocenters. The van der Waals surface area contributed by atoms with Crippen molar-refractivity contribution in [3.8, 4) is 17.2 Å². The minimum absolute atomic E-state index is 0.0401. The van der Waals surface area contributed by atoms with Crippen LogP contribution in [0.25, 0.3) is 0 Å². The summed E-state index contributed by atoms with van der Waals surface area (Å²) in [6.07, 6.45) is 0.855. The molecule has 0 bridgehead atoms. The lowest BCUT2D eigenvalue weighted by Gasteiger charge is -2.17. The van der Waals surface area contributed by atoms with Crippen LogP contribution < -0.4 is 15.2 Å². The fourth-order valence-electron chi connectivity index (χ4n) is 1.96. The van der Waals surface area contributed by atoms with E-state index >= 15 is 0 Å². The summed E-state index contributed by atoms with van der Waals surface area (Å²) in [4.78, 5) is 0. The molecule has 21 heavy (non-hydrogen) atoms. The van der Waals surface area contributed by atoms with Gasteiger partial charge in [0.05, 0.1) is 16.1 Å². The molecule has 0 spiro atoms. The Labute approximate surface area is 141 Å². The molecule has 0 saturated heterocycles. The number of para-hydroxylation sites is 1. The molecule has 3 nitrogen and oxygen atoms in total. The maximum atomic E-state index is 6.14. The van der Waals surface area contributed by atoms with E-state index in [9.17, 15) is 0 Å². The highest BCUT2D eigenvalue weighted by molar-refractivity contribution is 9.11. The van der Waals surface area contributed by atoms with E-state index in [0.717, 1.165) is 32.4 Å². The van der Waals surface area contributed by atoms with Crippen molar-refractivity contribution in [1.29, 1.82) is 0 Å². The Kier molecular flexibility index (Phi) is 5.67. The monoisotopic (exact) mass is 413 g/mol. The van der Waals surface area contributed by atoms with Crippen molar-refractivity contribution in [3.05, 3.63) is 50.9 Å². The van der Waals surface area contributed by atoms with Crippen LogP contribution in [-0.4, -0.2) is 7.11 Å². The van der Waals surface area contributed by atoms with E-state index in [1.165, 1.54) is 0 Å². The van der Waals surface area contributed by atoms with Gasteiger partial charge in [-0.25, -0.2) is 0 Å². The molecule has 2 aromatic rings. The van der Waals surface area contributed by atoms with Crippen molar-refractivity contribution in [3.63, 3.8) is 0 Å². The van der Waals surface area contributed by atoms with Crippen LogP contribution in [0.1, 0.15) is 24.9 Å². The van der Waals surface area contributed by atoms with Crippen LogP contribution in [0.5, 0.6) is 17.2 Å². The summed E-state index contributed by atoms with van der Waals surface area (Å²) in [5.41, 5.74) is 7.14. The highest BCUT2D eigenvalue weighted by Gasteiger charge is 2.14. The summed E-state index contributed by atoms with van der Waals surface area (Å²) < 4.78 is 12.9. The fourth-order valence-corrected chi connectivity index (χ4v) is 2.85. The third-order valence-corrected chi connectivity index (χ3v) is 4.42. The molecule has 112 valence electrons. The minimum Gasteiger partial charge on any atom is -0.496 e. The van der Waals surface area contributed by atoms with Crippen molar-refractivity contribution >= 4 is 31.9 Å². The van der Waals surface area contributed by atoms with Gasteiger partial charge in [0.15, 0.2) is 0 Å². The average molecular weight is 415 g/mol. The van der Waals surface area contributed by atoms with Gasteiger partial charge < -0.3 is 15.2 Å². The summed E-state index contributed by atoms with van der Waals surface area (Å²) in [5.74, 6) is 2.22. The van der Waals surface area contributed by atoms with Crippen molar-refractivity contribution < 1.29 is 9.47 Å². The maximum absolute atomic E-state index is 6.14. The summed E-state index contributed by atoms with van der Waals surface area (Å²) in [6.45, 7) is 2.06. The van der Waals surface area contributed by atoms with Gasteiger partial charge >= 0.3 is 0 Å². The van der Waals surface area contributed by atoms with Crippen LogP contribution in [0, 0.1) is 0 Å². The SMILES string of the molecule is CC[C@@H](N)c1ccccc1Oc1cc(Br)c(OC)cc1Br. The number of hydrogen-bond acceptors (Lipinski definition) is 3. The van der Waals surface area contributed by atoms with Crippen molar-refractivity contribution in [1.82, 2.24) is 0 Å². The van der Waals surface area contributed by atoms with Crippen LogP contribution in [-0.2, 0) is 0 Å². The molecular weight excluding hydrogens is 398 g/mol. The van der Waals surface area contributed by atoms with Gasteiger partial charge in [0.25, 0.3) is 0 Å². The predicted octanol–water partition coefficient (Wildman–Crippen LogP) is 5.42. The zero-order chi connectivity index (χ0) is 15.4. The first kappa shape index (κ1) is 16.3. The smallest absolute Gasteiger partial charge is 0.143 e. The minimum atomic E-state index is -0.0401. The summed E-state index contributed by atoms with van der Waals surface area (Å²) in [7, 11) is 1.63. The lowest BCUT2D eigenvalue weighted by molar-refractivity contribution is 0.409. The van der Waals surface area contributed by atoms with Gasteiger partial charge in [-0.2, -0.15) is 0 Å². The van der Waals surface area contributed by atoms with E-state index in [-0.39, 0.29) is 6.04 Å². The van der Waals surface area contributed by atoms with Gasteiger partial charge in [0, 0.05) is 11.6 Å². The van der Waals surface area contributed by atoms with Crippen molar-refractivity contribution in [2.24, 2.45) is 5.73 Å². The van der Waals surface area contributed by atoms with Gasteiger partial charge in [0.2, 0.25) is 0 Å². The Morgan fingerprint density at radius 3 is 2.33 bits per heavy atom. The van der Waals surface area contributed by atoms with Gasteiger partial charge in [0.1, 0.15) is 17.2 Å². The topological polar surface area (TPSA) is 44.5 Å². The molecule has 0 heterocycles. The van der Waals surface area contributed by atoms with Crippen LogP contribution in [0.3, 0.4) is 0 Å². The van der Waals surface area contributed by atoms with E-state index in [1.54, 1.807) is 7.11 Å². The molecule has 0 aliphatic heterocycles. The van der Waals surface area contributed by atoms with Crippen molar-refractivity contribution in [2.45, 2.75) is 19.4 Å². The van der Waals surface area contributed by atoms with Crippen LogP contribution in [0.15, 0.2) is 45.3 Å². The molecule has 0 aliphatic rings. The molecule has 0 unspecified atom stereocenters. The van der Waals surface area contributed by atoms with Gasteiger partial charge in [-0.05, 0) is 56.5 Å². The van der Waals surface area contributed by atoms with E-state index in [1.807, 2.05) is 36.4 Å². The molecule has 2 aromatic carbocycles. The summed E-state index contributed by atoms with van der Waals surface area (Å²) in [6, 6.07) is 11.5. The average Bonchev–Trinajstić information content (AvgIpc) is 2.50. The number of methoxy groups -OCH3 is 1. The molecule has 2 N–H and O–H groups in total. The second-order valence-electron chi connectivity index (χ2n) is 4.57. The zero-order valence-electron chi connectivity index (χ0n) is 11.9. The predicted molar refractivity (Wildman–Crippen MR) is 92.1 cm³/mol. The molecule has 0 aromatic heterocycles. The molecular formula is C16H17Br2NO2. The first-order valence-electron chi connectivity index (χ1n) is 6.62. The van der Waals surface area contributed by atoms with E-state index in [0.29, 0.717) is 5.75 Å². The Morgan fingerprint density at radius 1 is 1.05 bits per heavy atom. The van der Waals surface area contributed by atoms with E-state index in [2.05, 4.69) is 38.8 Å². The fraction of sp³-hybridized carbons (Fsp3) is 0.250. The standard InChI is InChI=1S/C16H17Br2NO2/c1-3-13(19)10-6-4-5-7-14(10)21-16-9-11(17)15(20-2)8-12(16)18/h4-9,13H,3,19H2,1-2H3/t13-/m1/s1. The highest BCUT2D eigenvalue weighted by Crippen LogP contribution is 2.39. The normalized spacial score (nSPS) is 12.0. The second-order valence-corrected chi connectivity index (χ2v) is 6.28. The van der Waals surface area contributed by atoms with Gasteiger partial charge in [-0.15, -0.1) is 0 Å². The number of ether oxygens (including phenoxy) is 2. The number of benzene rings is 2. The van der Waals surface area contributed by atoms with Gasteiger partial charge in [-0.3, -0.25) is 0 Å². The Balaban J connectivity index is 2.37. The molecule has 2 rings (SSSR count). The molecule has 0 aliphatic carbocycles. The molecule has 0 fully saturated rings. The first-order valence-corrected chi connectivity index (χ1v) is 8.20. The molecule has 0 radical (unpaired) electrons. The van der Waals surface area contributed by atoms with Crippen LogP contribution in [0.4, 0.5) is 0 Å². The van der Waals surface area contributed by atoms with Crippen molar-refractivity contribution in [2.75, 3.05) is 7.11 Å².